The van der Waals surface area contributed by atoms with E-state index in [0.717, 1.165) is 34.1 Å². The van der Waals surface area contributed by atoms with Gasteiger partial charge in [-0.3, -0.25) is 0 Å². The molecule has 0 saturated heterocycles. The van der Waals surface area contributed by atoms with Crippen molar-refractivity contribution in [2.45, 2.75) is 105 Å². The Labute approximate surface area is 322 Å². The summed E-state index contributed by atoms with van der Waals surface area (Å²) in [6.07, 6.45) is 0. The van der Waals surface area contributed by atoms with Gasteiger partial charge in [0.15, 0.2) is 0 Å². The third kappa shape index (κ3) is 7.68. The first-order chi connectivity index (χ1) is 24.2. The molecule has 1 aromatic heterocycles. The highest BCUT2D eigenvalue weighted by Gasteiger charge is 2.26. The van der Waals surface area contributed by atoms with Crippen molar-refractivity contribution in [1.29, 1.82) is 0 Å². The predicted octanol–water partition coefficient (Wildman–Crippen LogP) is 15.7. The van der Waals surface area contributed by atoms with Crippen LogP contribution in [0.25, 0.3) is 10.1 Å². The van der Waals surface area contributed by atoms with Crippen LogP contribution < -0.4 is 9.80 Å². The molecule has 0 amide bonds. The molecule has 0 unspecified atom stereocenters. The lowest BCUT2D eigenvalue weighted by Crippen LogP contribution is -2.16. The molecule has 0 saturated carbocycles. The van der Waals surface area contributed by atoms with E-state index in [2.05, 4.69) is 207 Å². The number of halogens is 1. The molecule has 0 spiro atoms. The largest absolute Gasteiger partial charge is 0.309 e. The molecule has 0 aliphatic carbocycles. The van der Waals surface area contributed by atoms with Gasteiger partial charge >= 0.3 is 0 Å². The van der Waals surface area contributed by atoms with Gasteiger partial charge in [0.2, 0.25) is 0 Å². The van der Waals surface area contributed by atoms with Crippen molar-refractivity contribution < 1.29 is 0 Å². The van der Waals surface area contributed by atoms with Crippen LogP contribution in [0.1, 0.15) is 105 Å². The number of rotatable bonds is 6. The highest BCUT2D eigenvalue weighted by atomic mass is 35.5. The summed E-state index contributed by atoms with van der Waals surface area (Å²) in [5, 5.41) is 4.20. The smallest absolute Gasteiger partial charge is 0.0887 e. The summed E-state index contributed by atoms with van der Waals surface area (Å²) in [4.78, 5) is 4.65. The number of thiophene rings is 1. The summed E-state index contributed by atoms with van der Waals surface area (Å²) in [5.41, 5.74) is 11.6. The van der Waals surface area contributed by atoms with Crippen molar-refractivity contribution in [3.8, 4) is 0 Å². The molecule has 0 atom stereocenters. The molecular weight excluding hydrogens is 672 g/mol. The number of hydrogen-bond donors (Lipinski definition) is 0. The average molecular weight is 728 g/mol. The number of hydrogen-bond acceptors (Lipinski definition) is 3. The van der Waals surface area contributed by atoms with Crippen molar-refractivity contribution in [3.63, 3.8) is 0 Å². The van der Waals surface area contributed by atoms with Crippen LogP contribution in [0.2, 0.25) is 5.02 Å². The zero-order valence-electron chi connectivity index (χ0n) is 33.2. The standard InChI is InChI=1S/C48H55ClN2S/c1-45(2,3)32-16-23-36(24-17-32)50(37-25-18-33(19-26-37)46(4,5)6)40-14-13-15-41(44(40)49)51(38-27-20-34(21-28-38)47(7,8)9)42-31-52-43-29-22-35(30-39(42)43)48(10,11)12/h13-31H,1-12H3. The first kappa shape index (κ1) is 37.7. The Balaban J connectivity index is 1.58. The maximum atomic E-state index is 7.75. The van der Waals surface area contributed by atoms with E-state index in [-0.39, 0.29) is 21.7 Å². The van der Waals surface area contributed by atoms with Crippen molar-refractivity contribution >= 4 is 67.1 Å². The lowest BCUT2D eigenvalue weighted by Gasteiger charge is -2.32. The van der Waals surface area contributed by atoms with E-state index < -0.39 is 0 Å². The minimum Gasteiger partial charge on any atom is -0.309 e. The highest BCUT2D eigenvalue weighted by molar-refractivity contribution is 7.17. The molecule has 0 aliphatic heterocycles. The van der Waals surface area contributed by atoms with Gasteiger partial charge in [-0.25, -0.2) is 0 Å². The first-order valence-corrected chi connectivity index (χ1v) is 19.7. The Morgan fingerprint density at radius 2 is 0.788 bits per heavy atom. The molecular formula is C48H55ClN2S. The van der Waals surface area contributed by atoms with Gasteiger partial charge in [0.05, 0.1) is 22.1 Å². The summed E-state index contributed by atoms with van der Waals surface area (Å²) in [7, 11) is 0. The molecule has 0 N–H and O–H groups in total. The van der Waals surface area contributed by atoms with E-state index in [0.29, 0.717) is 5.02 Å². The van der Waals surface area contributed by atoms with Gasteiger partial charge in [-0.2, -0.15) is 0 Å². The minimum absolute atomic E-state index is 0.0235. The van der Waals surface area contributed by atoms with Crippen LogP contribution in [0.5, 0.6) is 0 Å². The van der Waals surface area contributed by atoms with E-state index in [9.17, 15) is 0 Å². The molecule has 0 aliphatic rings. The van der Waals surface area contributed by atoms with Gasteiger partial charge in [0.25, 0.3) is 0 Å². The Kier molecular flexibility index (Phi) is 9.96. The normalized spacial score (nSPS) is 12.7. The molecule has 2 nitrogen and oxygen atoms in total. The molecule has 0 radical (unpaired) electrons. The van der Waals surface area contributed by atoms with E-state index >= 15 is 0 Å². The summed E-state index contributed by atoms with van der Waals surface area (Å²) < 4.78 is 1.26. The predicted molar refractivity (Wildman–Crippen MR) is 231 cm³/mol. The van der Waals surface area contributed by atoms with Gasteiger partial charge in [-0.15, -0.1) is 11.3 Å². The van der Waals surface area contributed by atoms with Crippen LogP contribution in [0.3, 0.4) is 0 Å². The fourth-order valence-electron chi connectivity index (χ4n) is 6.68. The summed E-state index contributed by atoms with van der Waals surface area (Å²) >= 11 is 9.53. The number of fused-ring (bicyclic) bond motifs is 1. The topological polar surface area (TPSA) is 6.48 Å². The van der Waals surface area contributed by atoms with E-state index in [1.807, 2.05) is 0 Å². The molecule has 5 aromatic carbocycles. The Bertz CT molecular complexity index is 2110. The number of anilines is 6. The summed E-state index contributed by atoms with van der Waals surface area (Å²) in [6.45, 7) is 27.2. The van der Waals surface area contributed by atoms with Gasteiger partial charge in [0, 0.05) is 32.5 Å². The maximum absolute atomic E-state index is 7.75. The van der Waals surface area contributed by atoms with Crippen molar-refractivity contribution in [3.05, 3.63) is 142 Å². The van der Waals surface area contributed by atoms with Crippen LogP contribution >= 0.6 is 22.9 Å². The van der Waals surface area contributed by atoms with E-state index in [1.165, 1.54) is 32.3 Å². The summed E-state index contributed by atoms with van der Waals surface area (Å²) in [5.74, 6) is 0. The SMILES string of the molecule is CC(C)(C)c1ccc(N(c2ccc(C(C)(C)C)cc2)c2cccc(N(c3ccc(C(C)(C)C)cc3)c3csc4ccc(C(C)(C)C)cc34)c2Cl)cc1. The summed E-state index contributed by atoms with van der Waals surface area (Å²) in [6, 6.07) is 40.3. The van der Waals surface area contributed by atoms with E-state index in [4.69, 9.17) is 11.6 Å². The lowest BCUT2D eigenvalue weighted by molar-refractivity contribution is 0.590. The fourth-order valence-corrected chi connectivity index (χ4v) is 7.88. The van der Waals surface area contributed by atoms with Crippen LogP contribution in [-0.2, 0) is 21.7 Å². The molecule has 1 heterocycles. The first-order valence-electron chi connectivity index (χ1n) is 18.5. The molecule has 6 rings (SSSR count). The molecule has 52 heavy (non-hydrogen) atoms. The van der Waals surface area contributed by atoms with Crippen molar-refractivity contribution in [2.75, 3.05) is 9.80 Å². The van der Waals surface area contributed by atoms with Gasteiger partial charge in [-0.1, -0.05) is 143 Å². The quantitative estimate of drug-likeness (QED) is 0.169. The van der Waals surface area contributed by atoms with E-state index in [1.54, 1.807) is 11.3 Å². The molecule has 270 valence electrons. The Morgan fingerprint density at radius 1 is 0.423 bits per heavy atom. The zero-order chi connectivity index (χ0) is 37.8. The lowest BCUT2D eigenvalue weighted by atomic mass is 9.86. The number of benzene rings is 5. The van der Waals surface area contributed by atoms with Crippen LogP contribution in [0.15, 0.2) is 115 Å². The molecule has 6 aromatic rings. The van der Waals surface area contributed by atoms with Crippen molar-refractivity contribution in [1.82, 2.24) is 0 Å². The van der Waals surface area contributed by atoms with Gasteiger partial charge in [0.1, 0.15) is 0 Å². The zero-order valence-corrected chi connectivity index (χ0v) is 34.7. The minimum atomic E-state index is 0.0235. The van der Waals surface area contributed by atoms with Gasteiger partial charge < -0.3 is 9.80 Å². The van der Waals surface area contributed by atoms with Gasteiger partial charge in [-0.05, 0) is 105 Å². The Morgan fingerprint density at radius 3 is 1.19 bits per heavy atom. The second kappa shape index (κ2) is 13.7. The third-order valence-corrected chi connectivity index (χ3v) is 11.4. The highest BCUT2D eigenvalue weighted by Crippen LogP contribution is 2.49. The van der Waals surface area contributed by atoms with Crippen LogP contribution in [-0.4, -0.2) is 0 Å². The third-order valence-electron chi connectivity index (χ3n) is 10.1. The Hall–Kier alpha value is -4.05. The fraction of sp³-hybridized carbons (Fsp3) is 0.333. The van der Waals surface area contributed by atoms with Crippen LogP contribution in [0, 0.1) is 0 Å². The number of nitrogens with zero attached hydrogens (tertiary/aromatic N) is 2. The second-order valence-corrected chi connectivity index (χ2v) is 19.5. The second-order valence-electron chi connectivity index (χ2n) is 18.3. The molecule has 0 fully saturated rings. The van der Waals surface area contributed by atoms with Crippen LogP contribution in [0.4, 0.5) is 34.1 Å². The molecule has 0 bridgehead atoms. The monoisotopic (exact) mass is 726 g/mol. The van der Waals surface area contributed by atoms with Crippen molar-refractivity contribution in [2.24, 2.45) is 0 Å². The molecule has 4 heteroatoms. The maximum Gasteiger partial charge on any atom is 0.0887 e. The average Bonchev–Trinajstić information content (AvgIpc) is 3.49.